The van der Waals surface area contributed by atoms with E-state index in [1.54, 1.807) is 18.3 Å². The van der Waals surface area contributed by atoms with Crippen LogP contribution in [-0.2, 0) is 5.41 Å². The Labute approximate surface area is 146 Å². The molecule has 0 N–H and O–H groups in total. The molecule has 1 aliphatic heterocycles. The van der Waals surface area contributed by atoms with Crippen molar-refractivity contribution in [2.75, 3.05) is 4.90 Å². The third-order valence-corrected chi connectivity index (χ3v) is 4.60. The molecule has 25 heavy (non-hydrogen) atoms. The highest BCUT2D eigenvalue weighted by Gasteiger charge is 2.38. The van der Waals surface area contributed by atoms with Gasteiger partial charge in [-0.3, -0.25) is 14.6 Å². The second-order valence-electron chi connectivity index (χ2n) is 7.31. The third-order valence-electron chi connectivity index (χ3n) is 4.60. The number of imide groups is 1. The maximum absolute atomic E-state index is 13.0. The van der Waals surface area contributed by atoms with E-state index < -0.39 is 0 Å². The second-order valence-corrected chi connectivity index (χ2v) is 7.31. The molecule has 2 heterocycles. The summed E-state index contributed by atoms with van der Waals surface area (Å²) >= 11 is 0. The van der Waals surface area contributed by atoms with E-state index in [1.165, 1.54) is 4.90 Å². The quantitative estimate of drug-likeness (QED) is 0.624. The van der Waals surface area contributed by atoms with Gasteiger partial charge in [0.15, 0.2) is 0 Å². The highest BCUT2D eigenvalue weighted by molar-refractivity contribution is 6.35. The van der Waals surface area contributed by atoms with Crippen LogP contribution in [0.5, 0.6) is 0 Å². The zero-order chi connectivity index (χ0) is 17.8. The number of hydrogen-bond donors (Lipinski definition) is 0. The van der Waals surface area contributed by atoms with Gasteiger partial charge in [0.05, 0.1) is 22.3 Å². The lowest BCUT2D eigenvalue weighted by Crippen LogP contribution is -2.29. The van der Waals surface area contributed by atoms with E-state index in [0.29, 0.717) is 22.3 Å². The highest BCUT2D eigenvalue weighted by atomic mass is 16.2. The van der Waals surface area contributed by atoms with Crippen LogP contribution in [0.2, 0.25) is 0 Å². The van der Waals surface area contributed by atoms with Gasteiger partial charge in [0, 0.05) is 11.6 Å². The van der Waals surface area contributed by atoms with Crippen molar-refractivity contribution >= 4 is 28.4 Å². The standard InChI is InChI=1S/C21H18N2O2/c1-21(2,3)14-9-10-15-16(12-14)20(25)23(19(15)24)17-8-4-6-13-7-5-11-22-18(13)17/h4-12H,1-3H3. The number of amides is 2. The van der Waals surface area contributed by atoms with Crippen LogP contribution in [0.1, 0.15) is 47.1 Å². The summed E-state index contributed by atoms with van der Waals surface area (Å²) in [5, 5.41) is 0.895. The van der Waals surface area contributed by atoms with Crippen LogP contribution in [0.25, 0.3) is 10.9 Å². The van der Waals surface area contributed by atoms with Crippen molar-refractivity contribution in [3.63, 3.8) is 0 Å². The molecule has 124 valence electrons. The van der Waals surface area contributed by atoms with E-state index in [1.807, 2.05) is 36.4 Å². The first kappa shape index (κ1) is 15.5. The van der Waals surface area contributed by atoms with Gasteiger partial charge in [-0.25, -0.2) is 4.90 Å². The predicted molar refractivity (Wildman–Crippen MR) is 98.0 cm³/mol. The first-order valence-corrected chi connectivity index (χ1v) is 8.25. The minimum atomic E-state index is -0.293. The second kappa shape index (κ2) is 5.24. The van der Waals surface area contributed by atoms with Crippen LogP contribution < -0.4 is 4.90 Å². The third kappa shape index (κ3) is 2.33. The number of para-hydroxylation sites is 1. The van der Waals surface area contributed by atoms with Crippen LogP contribution in [0.4, 0.5) is 5.69 Å². The van der Waals surface area contributed by atoms with Gasteiger partial charge in [-0.05, 0) is 35.2 Å². The molecule has 0 saturated heterocycles. The minimum absolute atomic E-state index is 0.0905. The normalized spacial score (nSPS) is 14.3. The SMILES string of the molecule is CC(C)(C)c1ccc2c(c1)C(=O)N(c1cccc3cccnc13)C2=O. The fourth-order valence-corrected chi connectivity index (χ4v) is 3.19. The molecule has 0 unspecified atom stereocenters. The maximum atomic E-state index is 13.0. The Morgan fingerprint density at radius 1 is 0.880 bits per heavy atom. The van der Waals surface area contributed by atoms with Gasteiger partial charge >= 0.3 is 0 Å². The zero-order valence-electron chi connectivity index (χ0n) is 14.4. The lowest BCUT2D eigenvalue weighted by Gasteiger charge is -2.19. The summed E-state index contributed by atoms with van der Waals surface area (Å²) in [6, 6.07) is 14.8. The summed E-state index contributed by atoms with van der Waals surface area (Å²) in [6.07, 6.45) is 1.67. The van der Waals surface area contributed by atoms with Crippen molar-refractivity contribution in [1.29, 1.82) is 0 Å². The molecule has 2 aromatic carbocycles. The van der Waals surface area contributed by atoms with Crippen LogP contribution in [-0.4, -0.2) is 16.8 Å². The smallest absolute Gasteiger partial charge is 0.266 e. The number of carbonyl (C=O) groups is 2. The van der Waals surface area contributed by atoms with E-state index >= 15 is 0 Å². The highest BCUT2D eigenvalue weighted by Crippen LogP contribution is 2.34. The average molecular weight is 330 g/mol. The van der Waals surface area contributed by atoms with Crippen molar-refractivity contribution in [1.82, 2.24) is 4.98 Å². The molecule has 3 aromatic rings. The molecule has 0 bridgehead atoms. The molecule has 4 nitrogen and oxygen atoms in total. The molecule has 1 aromatic heterocycles. The van der Waals surface area contributed by atoms with Gasteiger partial charge < -0.3 is 0 Å². The molecule has 0 atom stereocenters. The van der Waals surface area contributed by atoms with Gasteiger partial charge in [0.1, 0.15) is 0 Å². The molecule has 0 saturated carbocycles. The van der Waals surface area contributed by atoms with E-state index in [0.717, 1.165) is 10.9 Å². The number of hydrogen-bond acceptors (Lipinski definition) is 3. The van der Waals surface area contributed by atoms with E-state index in [-0.39, 0.29) is 17.2 Å². The van der Waals surface area contributed by atoms with Gasteiger partial charge in [-0.15, -0.1) is 0 Å². The summed E-state index contributed by atoms with van der Waals surface area (Å²) in [6.45, 7) is 6.26. The number of pyridine rings is 1. The molecule has 2 amide bonds. The Morgan fingerprint density at radius 2 is 1.60 bits per heavy atom. The Hall–Kier alpha value is -3.01. The molecule has 0 radical (unpaired) electrons. The number of anilines is 1. The fraction of sp³-hybridized carbons (Fsp3) is 0.190. The zero-order valence-corrected chi connectivity index (χ0v) is 14.4. The Bertz CT molecular complexity index is 1030. The van der Waals surface area contributed by atoms with E-state index in [9.17, 15) is 9.59 Å². The number of fused-ring (bicyclic) bond motifs is 2. The summed E-state index contributed by atoms with van der Waals surface area (Å²) in [5.41, 5.74) is 3.03. The molecule has 0 fully saturated rings. The summed E-state index contributed by atoms with van der Waals surface area (Å²) in [7, 11) is 0. The van der Waals surface area contributed by atoms with Crippen molar-refractivity contribution in [2.45, 2.75) is 26.2 Å². The van der Waals surface area contributed by atoms with Crippen LogP contribution in [0.15, 0.2) is 54.7 Å². The van der Waals surface area contributed by atoms with Crippen LogP contribution in [0.3, 0.4) is 0 Å². The molecular formula is C21H18N2O2. The van der Waals surface area contributed by atoms with Gasteiger partial charge in [0.25, 0.3) is 11.8 Å². The lowest BCUT2D eigenvalue weighted by atomic mass is 9.85. The number of benzene rings is 2. The molecule has 4 heteroatoms. The largest absolute Gasteiger partial charge is 0.268 e. The van der Waals surface area contributed by atoms with Gasteiger partial charge in [0.2, 0.25) is 0 Å². The molecule has 1 aliphatic rings. The maximum Gasteiger partial charge on any atom is 0.266 e. The number of aromatic nitrogens is 1. The number of nitrogens with zero attached hydrogens (tertiary/aromatic N) is 2. The monoisotopic (exact) mass is 330 g/mol. The molecule has 4 rings (SSSR count). The lowest BCUT2D eigenvalue weighted by molar-refractivity contribution is 0.0926. The average Bonchev–Trinajstić information content (AvgIpc) is 2.84. The Balaban J connectivity index is 1.88. The van der Waals surface area contributed by atoms with Crippen LogP contribution in [0, 0.1) is 0 Å². The van der Waals surface area contributed by atoms with Crippen molar-refractivity contribution in [2.24, 2.45) is 0 Å². The molecular weight excluding hydrogens is 312 g/mol. The van der Waals surface area contributed by atoms with Crippen molar-refractivity contribution in [3.05, 3.63) is 71.4 Å². The van der Waals surface area contributed by atoms with Gasteiger partial charge in [-0.1, -0.05) is 45.0 Å². The first-order valence-electron chi connectivity index (χ1n) is 8.25. The summed E-state index contributed by atoms with van der Waals surface area (Å²) in [5.74, 6) is -0.581. The number of carbonyl (C=O) groups excluding carboxylic acids is 2. The Kier molecular flexibility index (Phi) is 3.25. The van der Waals surface area contributed by atoms with E-state index in [4.69, 9.17) is 0 Å². The summed E-state index contributed by atoms with van der Waals surface area (Å²) < 4.78 is 0. The predicted octanol–water partition coefficient (Wildman–Crippen LogP) is 4.33. The summed E-state index contributed by atoms with van der Waals surface area (Å²) in [4.78, 5) is 31.5. The van der Waals surface area contributed by atoms with Gasteiger partial charge in [-0.2, -0.15) is 0 Å². The molecule has 0 aliphatic carbocycles. The van der Waals surface area contributed by atoms with Crippen molar-refractivity contribution in [3.8, 4) is 0 Å². The Morgan fingerprint density at radius 3 is 2.36 bits per heavy atom. The number of rotatable bonds is 1. The van der Waals surface area contributed by atoms with E-state index in [2.05, 4.69) is 25.8 Å². The van der Waals surface area contributed by atoms with Crippen LogP contribution >= 0.6 is 0 Å². The molecule has 0 spiro atoms. The topological polar surface area (TPSA) is 50.3 Å². The fourth-order valence-electron chi connectivity index (χ4n) is 3.19. The van der Waals surface area contributed by atoms with Crippen molar-refractivity contribution < 1.29 is 9.59 Å². The first-order chi connectivity index (χ1) is 11.9. The minimum Gasteiger partial charge on any atom is -0.268 e.